The van der Waals surface area contributed by atoms with Crippen LogP contribution in [0.5, 0.6) is 0 Å². The average molecular weight is 260 g/mol. The predicted octanol–water partition coefficient (Wildman–Crippen LogP) is 3.00. The standard InChI is InChI=1S/C17H28N2/c1-15-8-3-4-9-17(15)10-7-11-18-16(2)14-19-12-5-6-13-19/h3-4,8-9,16,18H,5-7,10-14H2,1-2H3. The fourth-order valence-corrected chi connectivity index (χ4v) is 2.93. The minimum atomic E-state index is 0.620. The molecule has 1 heterocycles. The highest BCUT2D eigenvalue weighted by molar-refractivity contribution is 5.25. The summed E-state index contributed by atoms with van der Waals surface area (Å²) in [6.07, 6.45) is 5.20. The topological polar surface area (TPSA) is 15.3 Å². The van der Waals surface area contributed by atoms with Crippen molar-refractivity contribution in [3.63, 3.8) is 0 Å². The van der Waals surface area contributed by atoms with Crippen molar-refractivity contribution in [2.45, 2.75) is 45.6 Å². The summed E-state index contributed by atoms with van der Waals surface area (Å²) < 4.78 is 0. The van der Waals surface area contributed by atoms with E-state index >= 15 is 0 Å². The van der Waals surface area contributed by atoms with Gasteiger partial charge in [-0.1, -0.05) is 24.3 Å². The van der Waals surface area contributed by atoms with Crippen LogP contribution in [0, 0.1) is 6.92 Å². The highest BCUT2D eigenvalue weighted by Crippen LogP contribution is 2.09. The molecule has 1 aromatic rings. The number of likely N-dealkylation sites (tertiary alicyclic amines) is 1. The quantitative estimate of drug-likeness (QED) is 0.758. The molecule has 106 valence electrons. The van der Waals surface area contributed by atoms with Gasteiger partial charge in [-0.2, -0.15) is 0 Å². The van der Waals surface area contributed by atoms with Crippen LogP contribution < -0.4 is 5.32 Å². The van der Waals surface area contributed by atoms with Gasteiger partial charge in [0.2, 0.25) is 0 Å². The highest BCUT2D eigenvalue weighted by atomic mass is 15.2. The van der Waals surface area contributed by atoms with E-state index in [-0.39, 0.29) is 0 Å². The minimum Gasteiger partial charge on any atom is -0.313 e. The molecule has 0 saturated carbocycles. The van der Waals surface area contributed by atoms with E-state index in [1.165, 1.54) is 56.4 Å². The zero-order valence-corrected chi connectivity index (χ0v) is 12.5. The molecule has 2 nitrogen and oxygen atoms in total. The summed E-state index contributed by atoms with van der Waals surface area (Å²) in [6, 6.07) is 9.35. The Balaban J connectivity index is 1.59. The summed E-state index contributed by atoms with van der Waals surface area (Å²) in [4.78, 5) is 2.58. The normalized spacial score (nSPS) is 17.8. The smallest absolute Gasteiger partial charge is 0.0166 e. The Bertz CT molecular complexity index is 369. The maximum atomic E-state index is 3.66. The van der Waals surface area contributed by atoms with Crippen LogP contribution in [0.3, 0.4) is 0 Å². The molecule has 1 aromatic carbocycles. The Kier molecular flexibility index (Phi) is 5.87. The summed E-state index contributed by atoms with van der Waals surface area (Å²) in [7, 11) is 0. The molecule has 0 spiro atoms. The van der Waals surface area contributed by atoms with Gasteiger partial charge in [-0.3, -0.25) is 0 Å². The van der Waals surface area contributed by atoms with E-state index in [1.807, 2.05) is 0 Å². The maximum absolute atomic E-state index is 3.66. The third-order valence-electron chi connectivity index (χ3n) is 4.11. The van der Waals surface area contributed by atoms with Gasteiger partial charge >= 0.3 is 0 Å². The van der Waals surface area contributed by atoms with Gasteiger partial charge in [0.15, 0.2) is 0 Å². The summed E-state index contributed by atoms with van der Waals surface area (Å²) in [5.41, 5.74) is 2.92. The third-order valence-corrected chi connectivity index (χ3v) is 4.11. The van der Waals surface area contributed by atoms with Crippen molar-refractivity contribution in [3.05, 3.63) is 35.4 Å². The Labute approximate surface area is 118 Å². The molecule has 1 atom stereocenters. The van der Waals surface area contributed by atoms with Crippen LogP contribution in [0.15, 0.2) is 24.3 Å². The molecular formula is C17H28N2. The number of nitrogens with zero attached hydrogens (tertiary/aromatic N) is 1. The second-order valence-electron chi connectivity index (χ2n) is 5.89. The van der Waals surface area contributed by atoms with Crippen LogP contribution in [0.2, 0.25) is 0 Å². The first kappa shape index (κ1) is 14.5. The van der Waals surface area contributed by atoms with Crippen LogP contribution in [-0.2, 0) is 6.42 Å². The molecule has 2 rings (SSSR count). The fraction of sp³-hybridized carbons (Fsp3) is 0.647. The van der Waals surface area contributed by atoms with E-state index in [4.69, 9.17) is 0 Å². The third kappa shape index (κ3) is 4.96. The van der Waals surface area contributed by atoms with Gasteiger partial charge in [0.1, 0.15) is 0 Å². The molecule has 1 aliphatic rings. The molecule has 0 aromatic heterocycles. The van der Waals surface area contributed by atoms with E-state index in [2.05, 4.69) is 48.3 Å². The Morgan fingerprint density at radius 3 is 2.68 bits per heavy atom. The van der Waals surface area contributed by atoms with E-state index in [0.717, 1.165) is 6.54 Å². The second-order valence-corrected chi connectivity index (χ2v) is 5.89. The van der Waals surface area contributed by atoms with Crippen LogP contribution >= 0.6 is 0 Å². The average Bonchev–Trinajstić information content (AvgIpc) is 2.89. The summed E-state index contributed by atoms with van der Waals surface area (Å²) in [6.45, 7) is 9.46. The SMILES string of the molecule is Cc1ccccc1CCCNC(C)CN1CCCC1. The van der Waals surface area contributed by atoms with Gasteiger partial charge < -0.3 is 10.2 Å². The van der Waals surface area contributed by atoms with Crippen LogP contribution in [0.25, 0.3) is 0 Å². The number of hydrogen-bond acceptors (Lipinski definition) is 2. The van der Waals surface area contributed by atoms with E-state index in [9.17, 15) is 0 Å². The van der Waals surface area contributed by atoms with Gasteiger partial charge in [0.05, 0.1) is 0 Å². The highest BCUT2D eigenvalue weighted by Gasteiger charge is 2.13. The molecule has 0 aliphatic carbocycles. The lowest BCUT2D eigenvalue weighted by Crippen LogP contribution is -2.38. The van der Waals surface area contributed by atoms with Crippen molar-refractivity contribution in [2.75, 3.05) is 26.2 Å². The number of hydrogen-bond donors (Lipinski definition) is 1. The monoisotopic (exact) mass is 260 g/mol. The number of nitrogens with one attached hydrogen (secondary N) is 1. The first-order chi connectivity index (χ1) is 9.25. The first-order valence-electron chi connectivity index (χ1n) is 7.76. The molecule has 19 heavy (non-hydrogen) atoms. The molecule has 1 aliphatic heterocycles. The van der Waals surface area contributed by atoms with Crippen molar-refractivity contribution >= 4 is 0 Å². The molecule has 1 unspecified atom stereocenters. The Morgan fingerprint density at radius 2 is 1.95 bits per heavy atom. The van der Waals surface area contributed by atoms with E-state index in [1.54, 1.807) is 0 Å². The molecule has 2 heteroatoms. The molecule has 1 N–H and O–H groups in total. The van der Waals surface area contributed by atoms with E-state index < -0.39 is 0 Å². The van der Waals surface area contributed by atoms with Gasteiger partial charge in [0.25, 0.3) is 0 Å². The lowest BCUT2D eigenvalue weighted by atomic mass is 10.0. The van der Waals surface area contributed by atoms with Gasteiger partial charge in [-0.15, -0.1) is 0 Å². The lowest BCUT2D eigenvalue weighted by molar-refractivity contribution is 0.299. The summed E-state index contributed by atoms with van der Waals surface area (Å²) in [5.74, 6) is 0. The number of aryl methyl sites for hydroxylation is 2. The van der Waals surface area contributed by atoms with Crippen molar-refractivity contribution in [1.82, 2.24) is 10.2 Å². The molecule has 0 amide bonds. The van der Waals surface area contributed by atoms with Crippen molar-refractivity contribution in [1.29, 1.82) is 0 Å². The zero-order valence-electron chi connectivity index (χ0n) is 12.5. The number of benzene rings is 1. The lowest BCUT2D eigenvalue weighted by Gasteiger charge is -2.21. The van der Waals surface area contributed by atoms with Crippen molar-refractivity contribution in [3.8, 4) is 0 Å². The van der Waals surface area contributed by atoms with Crippen molar-refractivity contribution in [2.24, 2.45) is 0 Å². The Hall–Kier alpha value is -0.860. The second kappa shape index (κ2) is 7.66. The number of rotatable bonds is 7. The van der Waals surface area contributed by atoms with Gasteiger partial charge in [-0.05, 0) is 70.3 Å². The summed E-state index contributed by atoms with van der Waals surface area (Å²) >= 11 is 0. The van der Waals surface area contributed by atoms with Crippen molar-refractivity contribution < 1.29 is 0 Å². The molecule has 0 radical (unpaired) electrons. The van der Waals surface area contributed by atoms with Gasteiger partial charge in [-0.25, -0.2) is 0 Å². The summed E-state index contributed by atoms with van der Waals surface area (Å²) in [5, 5.41) is 3.66. The molecule has 1 saturated heterocycles. The molecule has 0 bridgehead atoms. The van der Waals surface area contributed by atoms with E-state index in [0.29, 0.717) is 6.04 Å². The molecule has 1 fully saturated rings. The first-order valence-corrected chi connectivity index (χ1v) is 7.76. The van der Waals surface area contributed by atoms with Crippen LogP contribution in [0.1, 0.15) is 37.3 Å². The van der Waals surface area contributed by atoms with Gasteiger partial charge in [0, 0.05) is 12.6 Å². The Morgan fingerprint density at radius 1 is 1.21 bits per heavy atom. The molecular weight excluding hydrogens is 232 g/mol. The minimum absolute atomic E-state index is 0.620. The fourth-order valence-electron chi connectivity index (χ4n) is 2.93. The largest absolute Gasteiger partial charge is 0.313 e. The zero-order chi connectivity index (χ0) is 13.5. The van der Waals surface area contributed by atoms with Crippen LogP contribution in [-0.4, -0.2) is 37.1 Å². The predicted molar refractivity (Wildman–Crippen MR) is 82.6 cm³/mol. The van der Waals surface area contributed by atoms with Crippen LogP contribution in [0.4, 0.5) is 0 Å². The maximum Gasteiger partial charge on any atom is 0.0166 e.